The Balaban J connectivity index is 1.69. The highest BCUT2D eigenvalue weighted by atomic mass is 35.5. The summed E-state index contributed by atoms with van der Waals surface area (Å²) in [6.45, 7) is 0.560. The molecule has 1 aliphatic rings. The van der Waals surface area contributed by atoms with E-state index in [1.807, 2.05) is 18.1 Å². The van der Waals surface area contributed by atoms with E-state index in [0.29, 0.717) is 16.5 Å². The summed E-state index contributed by atoms with van der Waals surface area (Å²) in [5.74, 6) is 0.0627. The first-order valence-corrected chi connectivity index (χ1v) is 9.48. The number of nitrogens with one attached hydrogen (secondary N) is 1. The summed E-state index contributed by atoms with van der Waals surface area (Å²) in [6.07, 6.45) is 5.15. The van der Waals surface area contributed by atoms with Crippen LogP contribution in [0.4, 0.5) is 0 Å². The molecule has 2 aromatic heterocycles. The fraction of sp³-hybridized carbons (Fsp3) is 0.250. The normalized spacial score (nSPS) is 19.0. The maximum atomic E-state index is 12.4. The van der Waals surface area contributed by atoms with Gasteiger partial charge in [-0.2, -0.15) is 0 Å². The van der Waals surface area contributed by atoms with E-state index in [1.165, 1.54) is 0 Å². The Morgan fingerprint density at radius 3 is 2.96 bits per heavy atom. The average Bonchev–Trinajstić information content (AvgIpc) is 3.06. The number of aromatic amines is 1. The van der Waals surface area contributed by atoms with E-state index in [1.54, 1.807) is 30.6 Å². The van der Waals surface area contributed by atoms with Gasteiger partial charge in [0.1, 0.15) is 5.52 Å². The van der Waals surface area contributed by atoms with Crippen LogP contribution in [0.25, 0.3) is 11.2 Å². The second kappa shape index (κ2) is 5.54. The highest BCUT2D eigenvalue weighted by molar-refractivity contribution is 7.91. The van der Waals surface area contributed by atoms with Crippen molar-refractivity contribution >= 4 is 32.6 Å². The number of rotatable bonds is 3. The van der Waals surface area contributed by atoms with E-state index >= 15 is 0 Å². The lowest BCUT2D eigenvalue weighted by Crippen LogP contribution is -2.25. The van der Waals surface area contributed by atoms with Gasteiger partial charge in [-0.25, -0.2) is 13.4 Å². The molecule has 3 aromatic rings. The number of aromatic nitrogens is 3. The minimum absolute atomic E-state index is 0.0627. The quantitative estimate of drug-likeness (QED) is 0.774. The van der Waals surface area contributed by atoms with Gasteiger partial charge < -0.3 is 4.98 Å². The molecule has 6 nitrogen and oxygen atoms in total. The molecule has 0 radical (unpaired) electrons. The molecule has 1 aromatic carbocycles. The van der Waals surface area contributed by atoms with Gasteiger partial charge in [-0.3, -0.25) is 9.88 Å². The van der Waals surface area contributed by atoms with Gasteiger partial charge in [0.05, 0.1) is 16.7 Å². The monoisotopic (exact) mass is 362 g/mol. The minimum Gasteiger partial charge on any atom is -0.344 e. The number of fused-ring (bicyclic) bond motifs is 2. The van der Waals surface area contributed by atoms with Gasteiger partial charge in [-0.1, -0.05) is 11.6 Å². The number of sulfone groups is 1. The van der Waals surface area contributed by atoms with E-state index in [-0.39, 0.29) is 11.8 Å². The van der Waals surface area contributed by atoms with Crippen molar-refractivity contribution in [1.29, 1.82) is 0 Å². The molecule has 1 unspecified atom stereocenters. The molecule has 0 aliphatic carbocycles. The largest absolute Gasteiger partial charge is 0.344 e. The molecule has 0 saturated heterocycles. The summed E-state index contributed by atoms with van der Waals surface area (Å²) in [6, 6.07) is 4.73. The summed E-state index contributed by atoms with van der Waals surface area (Å²) in [7, 11) is -1.37. The molecular weight excluding hydrogens is 348 g/mol. The van der Waals surface area contributed by atoms with Gasteiger partial charge in [-0.15, -0.1) is 0 Å². The molecule has 0 amide bonds. The van der Waals surface area contributed by atoms with E-state index < -0.39 is 9.84 Å². The van der Waals surface area contributed by atoms with E-state index in [9.17, 15) is 8.42 Å². The topological polar surface area (TPSA) is 79.0 Å². The summed E-state index contributed by atoms with van der Waals surface area (Å²) < 4.78 is 24.8. The molecule has 3 heterocycles. The zero-order valence-electron chi connectivity index (χ0n) is 12.9. The van der Waals surface area contributed by atoms with Crippen LogP contribution in [-0.2, 0) is 16.4 Å². The first kappa shape index (κ1) is 15.6. The molecule has 0 bridgehead atoms. The Morgan fingerprint density at radius 1 is 1.33 bits per heavy atom. The highest BCUT2D eigenvalue weighted by Gasteiger charge is 2.37. The van der Waals surface area contributed by atoms with E-state index in [0.717, 1.165) is 22.3 Å². The van der Waals surface area contributed by atoms with Crippen LogP contribution in [0.3, 0.4) is 0 Å². The minimum atomic E-state index is -3.27. The summed E-state index contributed by atoms with van der Waals surface area (Å²) in [4.78, 5) is 14.1. The lowest BCUT2D eigenvalue weighted by Gasteiger charge is -2.23. The second-order valence-electron chi connectivity index (χ2n) is 5.96. The number of hydrogen-bond donors (Lipinski definition) is 1. The zero-order chi connectivity index (χ0) is 16.9. The number of hydrogen-bond acceptors (Lipinski definition) is 5. The van der Waals surface area contributed by atoms with Crippen LogP contribution >= 0.6 is 11.6 Å². The predicted molar refractivity (Wildman–Crippen MR) is 91.6 cm³/mol. The maximum Gasteiger partial charge on any atom is 0.180 e. The van der Waals surface area contributed by atoms with Gasteiger partial charge in [0.25, 0.3) is 0 Å². The third-order valence-corrected chi connectivity index (χ3v) is 6.41. The zero-order valence-corrected chi connectivity index (χ0v) is 14.5. The fourth-order valence-electron chi connectivity index (χ4n) is 3.22. The standard InChI is InChI=1S/C16H15ClN4O2S/c1-21(8-10-7-20-16-15(10)18-4-5-19-16)13-9-24(22,23)14-3-2-11(17)6-12(13)14/h2-7,13H,8-9H2,1H3,(H,19,20). The molecule has 1 N–H and O–H groups in total. The fourth-order valence-corrected chi connectivity index (χ4v) is 5.26. The number of H-pyrrole nitrogens is 1. The molecule has 24 heavy (non-hydrogen) atoms. The third kappa shape index (κ3) is 2.49. The van der Waals surface area contributed by atoms with Gasteiger partial charge in [-0.05, 0) is 30.8 Å². The number of benzene rings is 1. The predicted octanol–water partition coefficient (Wildman–Crippen LogP) is 2.57. The molecule has 4 rings (SSSR count). The Hall–Kier alpha value is -1.96. The lowest BCUT2D eigenvalue weighted by molar-refractivity contribution is 0.258. The second-order valence-corrected chi connectivity index (χ2v) is 8.40. The van der Waals surface area contributed by atoms with Gasteiger partial charge >= 0.3 is 0 Å². The van der Waals surface area contributed by atoms with Crippen molar-refractivity contribution in [2.45, 2.75) is 17.5 Å². The number of halogens is 1. The summed E-state index contributed by atoms with van der Waals surface area (Å²) >= 11 is 6.07. The van der Waals surface area contributed by atoms with Crippen LogP contribution in [-0.4, -0.2) is 41.1 Å². The van der Waals surface area contributed by atoms with Crippen LogP contribution in [0.2, 0.25) is 5.02 Å². The van der Waals surface area contributed by atoms with E-state index in [4.69, 9.17) is 11.6 Å². The van der Waals surface area contributed by atoms with Crippen LogP contribution < -0.4 is 0 Å². The average molecular weight is 363 g/mol. The van der Waals surface area contributed by atoms with Crippen molar-refractivity contribution < 1.29 is 8.42 Å². The molecule has 0 fully saturated rings. The molecule has 1 aliphatic heterocycles. The molecule has 8 heteroatoms. The molecular formula is C16H15ClN4O2S. The third-order valence-electron chi connectivity index (χ3n) is 4.38. The van der Waals surface area contributed by atoms with Crippen molar-refractivity contribution in [1.82, 2.24) is 19.9 Å². The molecule has 0 saturated carbocycles. The van der Waals surface area contributed by atoms with Gasteiger partial charge in [0, 0.05) is 35.7 Å². The van der Waals surface area contributed by atoms with E-state index in [2.05, 4.69) is 15.0 Å². The van der Waals surface area contributed by atoms with Gasteiger partial charge in [0.15, 0.2) is 15.5 Å². The molecule has 1 atom stereocenters. The van der Waals surface area contributed by atoms with Crippen molar-refractivity contribution in [2.24, 2.45) is 0 Å². The highest BCUT2D eigenvalue weighted by Crippen LogP contribution is 2.38. The van der Waals surface area contributed by atoms with Crippen LogP contribution in [0.15, 0.2) is 41.7 Å². The Kier molecular flexibility index (Phi) is 3.59. The van der Waals surface area contributed by atoms with Crippen molar-refractivity contribution in [3.05, 3.63) is 52.9 Å². The Labute approximate surface area is 144 Å². The Bertz CT molecular complexity index is 1030. The maximum absolute atomic E-state index is 12.4. The van der Waals surface area contributed by atoms with Crippen LogP contribution in [0.5, 0.6) is 0 Å². The number of nitrogens with zero attached hydrogens (tertiary/aromatic N) is 3. The summed E-state index contributed by atoms with van der Waals surface area (Å²) in [5.41, 5.74) is 3.27. The lowest BCUT2D eigenvalue weighted by atomic mass is 10.1. The van der Waals surface area contributed by atoms with Crippen LogP contribution in [0.1, 0.15) is 17.2 Å². The van der Waals surface area contributed by atoms with Crippen molar-refractivity contribution in [3.8, 4) is 0 Å². The van der Waals surface area contributed by atoms with Crippen LogP contribution in [0, 0.1) is 0 Å². The first-order chi connectivity index (χ1) is 11.5. The molecule has 124 valence electrons. The summed E-state index contributed by atoms with van der Waals surface area (Å²) in [5, 5.41) is 0.544. The van der Waals surface area contributed by atoms with Crippen molar-refractivity contribution in [3.63, 3.8) is 0 Å². The van der Waals surface area contributed by atoms with Gasteiger partial charge in [0.2, 0.25) is 0 Å². The Morgan fingerprint density at radius 2 is 2.12 bits per heavy atom. The molecule has 0 spiro atoms. The van der Waals surface area contributed by atoms with Crippen molar-refractivity contribution in [2.75, 3.05) is 12.8 Å². The first-order valence-electron chi connectivity index (χ1n) is 7.45. The SMILES string of the molecule is CN(Cc1c[nH]c2nccnc12)C1CS(=O)(=O)c2ccc(Cl)cc21. The smallest absolute Gasteiger partial charge is 0.180 e.